The van der Waals surface area contributed by atoms with Crippen molar-refractivity contribution >= 4 is 17.6 Å². The second-order valence-corrected chi connectivity index (χ2v) is 6.99. The first-order chi connectivity index (χ1) is 12.3. The zero-order chi connectivity index (χ0) is 19.3. The molecule has 0 unspecified atom stereocenters. The second kappa shape index (κ2) is 8.52. The fraction of sp³-hybridized carbons (Fsp3) is 0.333. The van der Waals surface area contributed by atoms with E-state index in [2.05, 4.69) is 50.5 Å². The number of carbonyl (C=O) groups excluding carboxylic acids is 2. The summed E-state index contributed by atoms with van der Waals surface area (Å²) < 4.78 is 0. The van der Waals surface area contributed by atoms with E-state index >= 15 is 0 Å². The number of amides is 3. The third-order valence-electron chi connectivity index (χ3n) is 4.29. The summed E-state index contributed by atoms with van der Waals surface area (Å²) in [5.41, 5.74) is 9.69. The summed E-state index contributed by atoms with van der Waals surface area (Å²) in [4.78, 5) is 23.5. The minimum atomic E-state index is -0.571. The Labute approximate surface area is 155 Å². The van der Waals surface area contributed by atoms with Gasteiger partial charge in [0, 0.05) is 17.8 Å². The van der Waals surface area contributed by atoms with E-state index in [-0.39, 0.29) is 5.91 Å². The summed E-state index contributed by atoms with van der Waals surface area (Å²) >= 11 is 0. The first-order valence-electron chi connectivity index (χ1n) is 8.86. The zero-order valence-electron chi connectivity index (χ0n) is 15.8. The average Bonchev–Trinajstić information content (AvgIpc) is 2.60. The Morgan fingerprint density at radius 2 is 1.46 bits per heavy atom. The van der Waals surface area contributed by atoms with Crippen molar-refractivity contribution in [2.45, 2.75) is 46.1 Å². The summed E-state index contributed by atoms with van der Waals surface area (Å²) in [6.45, 7) is 8.82. The van der Waals surface area contributed by atoms with Gasteiger partial charge in [0.15, 0.2) is 0 Å². The molecule has 0 aromatic heterocycles. The molecule has 2 aromatic carbocycles. The predicted molar refractivity (Wildman–Crippen MR) is 105 cm³/mol. The summed E-state index contributed by atoms with van der Waals surface area (Å²) in [5.74, 6) is 0.479. The number of carbonyl (C=O) groups is 2. The molecule has 26 heavy (non-hydrogen) atoms. The van der Waals surface area contributed by atoms with Crippen LogP contribution in [-0.4, -0.2) is 11.9 Å². The lowest BCUT2D eigenvalue weighted by atomic mass is 9.92. The van der Waals surface area contributed by atoms with Crippen LogP contribution < -0.4 is 16.4 Å². The molecule has 138 valence electrons. The molecule has 2 aromatic rings. The quantitative estimate of drug-likeness (QED) is 0.721. The topological polar surface area (TPSA) is 84.2 Å². The summed E-state index contributed by atoms with van der Waals surface area (Å²) in [6.07, 6.45) is 0. The van der Waals surface area contributed by atoms with Crippen LogP contribution in [0.2, 0.25) is 0 Å². The Balaban J connectivity index is 2.23. The smallest absolute Gasteiger partial charge is 0.312 e. The van der Waals surface area contributed by atoms with Gasteiger partial charge in [0.25, 0.3) is 5.91 Å². The third-order valence-corrected chi connectivity index (χ3v) is 4.29. The van der Waals surface area contributed by atoms with Gasteiger partial charge in [-0.2, -0.15) is 0 Å². The maximum absolute atomic E-state index is 12.7. The van der Waals surface area contributed by atoms with E-state index in [9.17, 15) is 9.59 Å². The zero-order valence-corrected chi connectivity index (χ0v) is 15.8. The van der Waals surface area contributed by atoms with Crippen LogP contribution in [0.4, 0.5) is 10.5 Å². The van der Waals surface area contributed by atoms with Crippen LogP contribution in [0.25, 0.3) is 0 Å². The van der Waals surface area contributed by atoms with Crippen molar-refractivity contribution in [2.75, 3.05) is 5.32 Å². The predicted octanol–water partition coefficient (Wildman–Crippen LogP) is 4.35. The van der Waals surface area contributed by atoms with Gasteiger partial charge in [0.2, 0.25) is 0 Å². The number of hydrogen-bond donors (Lipinski definition) is 3. The number of urea groups is 1. The molecule has 0 atom stereocenters. The van der Waals surface area contributed by atoms with Crippen LogP contribution >= 0.6 is 0 Å². The molecule has 0 aliphatic carbocycles. The van der Waals surface area contributed by atoms with Crippen molar-refractivity contribution in [2.24, 2.45) is 5.73 Å². The number of benzene rings is 2. The lowest BCUT2D eigenvalue weighted by Gasteiger charge is -2.20. The third kappa shape index (κ3) is 4.85. The molecule has 0 aliphatic rings. The largest absolute Gasteiger partial charge is 0.352 e. The van der Waals surface area contributed by atoms with Crippen LogP contribution in [0.15, 0.2) is 42.5 Å². The molecular weight excluding hydrogens is 326 g/mol. The van der Waals surface area contributed by atoms with E-state index < -0.39 is 6.03 Å². The molecule has 0 radical (unpaired) electrons. The van der Waals surface area contributed by atoms with Gasteiger partial charge in [-0.3, -0.25) is 4.79 Å². The average molecular weight is 353 g/mol. The van der Waals surface area contributed by atoms with E-state index in [1.807, 2.05) is 18.2 Å². The lowest BCUT2D eigenvalue weighted by molar-refractivity contribution is 0.102. The van der Waals surface area contributed by atoms with Crippen molar-refractivity contribution in [3.63, 3.8) is 0 Å². The second-order valence-electron chi connectivity index (χ2n) is 6.99. The van der Waals surface area contributed by atoms with E-state index in [4.69, 9.17) is 5.73 Å². The number of anilines is 1. The highest BCUT2D eigenvalue weighted by Gasteiger charge is 2.16. The van der Waals surface area contributed by atoms with Gasteiger partial charge in [0.1, 0.15) is 0 Å². The molecule has 2 rings (SSSR count). The number of hydrogen-bond acceptors (Lipinski definition) is 2. The van der Waals surface area contributed by atoms with Crippen LogP contribution in [0.3, 0.4) is 0 Å². The number of primary amides is 1. The molecule has 4 N–H and O–H groups in total. The fourth-order valence-electron chi connectivity index (χ4n) is 2.84. The fourth-order valence-corrected chi connectivity index (χ4v) is 2.84. The highest BCUT2D eigenvalue weighted by molar-refractivity contribution is 6.05. The van der Waals surface area contributed by atoms with Gasteiger partial charge in [-0.05, 0) is 40.7 Å². The van der Waals surface area contributed by atoms with Crippen LogP contribution in [0.1, 0.15) is 66.6 Å². The molecule has 5 heteroatoms. The number of rotatable bonds is 6. The van der Waals surface area contributed by atoms with E-state index in [1.54, 1.807) is 12.1 Å². The van der Waals surface area contributed by atoms with Gasteiger partial charge in [0.05, 0.1) is 0 Å². The van der Waals surface area contributed by atoms with Crippen LogP contribution in [-0.2, 0) is 6.54 Å². The molecule has 0 bridgehead atoms. The molecule has 0 fully saturated rings. The molecule has 0 saturated heterocycles. The maximum Gasteiger partial charge on any atom is 0.312 e. The highest BCUT2D eigenvalue weighted by atomic mass is 16.2. The van der Waals surface area contributed by atoms with Crippen molar-refractivity contribution in [1.82, 2.24) is 5.32 Å². The maximum atomic E-state index is 12.7. The Kier molecular flexibility index (Phi) is 6.39. The molecule has 3 amide bonds. The van der Waals surface area contributed by atoms with Crippen LogP contribution in [0.5, 0.6) is 0 Å². The van der Waals surface area contributed by atoms with Gasteiger partial charge < -0.3 is 16.4 Å². The van der Waals surface area contributed by atoms with Gasteiger partial charge in [-0.25, -0.2) is 4.79 Å². The molecule has 0 spiro atoms. The Bertz CT molecular complexity index is 754. The normalized spacial score (nSPS) is 10.8. The van der Waals surface area contributed by atoms with Gasteiger partial charge >= 0.3 is 6.03 Å². The number of para-hydroxylation sites is 1. The van der Waals surface area contributed by atoms with Crippen molar-refractivity contribution in [1.29, 1.82) is 0 Å². The van der Waals surface area contributed by atoms with Crippen molar-refractivity contribution in [3.8, 4) is 0 Å². The summed E-state index contributed by atoms with van der Waals surface area (Å²) in [6, 6.07) is 12.7. The number of nitrogens with one attached hydrogen (secondary N) is 2. The van der Waals surface area contributed by atoms with E-state index in [0.29, 0.717) is 23.9 Å². The van der Waals surface area contributed by atoms with Crippen molar-refractivity contribution < 1.29 is 9.59 Å². The lowest BCUT2D eigenvalue weighted by Crippen LogP contribution is -2.28. The molecule has 0 aliphatic heterocycles. The first-order valence-corrected chi connectivity index (χ1v) is 8.86. The van der Waals surface area contributed by atoms with Gasteiger partial charge in [-0.1, -0.05) is 58.0 Å². The summed E-state index contributed by atoms with van der Waals surface area (Å²) in [7, 11) is 0. The Hall–Kier alpha value is -2.82. The molecule has 0 heterocycles. The van der Waals surface area contributed by atoms with Crippen LogP contribution in [0, 0.1) is 0 Å². The highest BCUT2D eigenvalue weighted by Crippen LogP contribution is 2.32. The Morgan fingerprint density at radius 1 is 0.923 bits per heavy atom. The minimum absolute atomic E-state index is 0.144. The van der Waals surface area contributed by atoms with Gasteiger partial charge in [-0.15, -0.1) is 0 Å². The minimum Gasteiger partial charge on any atom is -0.352 e. The standard InChI is InChI=1S/C21H27N3O2/c1-13(2)17-6-5-7-18(14(3)4)19(17)24-20(25)16-10-8-15(9-11-16)12-23-21(22)26/h5-11,13-14H,12H2,1-4H3,(H,24,25)(H3,22,23,26). The van der Waals surface area contributed by atoms with E-state index in [0.717, 1.165) is 22.4 Å². The molecule has 0 saturated carbocycles. The first kappa shape index (κ1) is 19.5. The number of nitrogens with two attached hydrogens (primary N) is 1. The van der Waals surface area contributed by atoms with E-state index in [1.165, 1.54) is 0 Å². The summed E-state index contributed by atoms with van der Waals surface area (Å²) in [5, 5.41) is 5.63. The monoisotopic (exact) mass is 353 g/mol. The SMILES string of the molecule is CC(C)c1cccc(C(C)C)c1NC(=O)c1ccc(CNC(N)=O)cc1. The Morgan fingerprint density at radius 3 is 1.92 bits per heavy atom. The molecular formula is C21H27N3O2. The van der Waals surface area contributed by atoms with Crippen molar-refractivity contribution in [3.05, 3.63) is 64.7 Å². The molecule has 5 nitrogen and oxygen atoms in total.